The number of rotatable bonds is 6. The first-order chi connectivity index (χ1) is 9.65. The van der Waals surface area contributed by atoms with Crippen LogP contribution >= 0.6 is 24.2 Å². The minimum absolute atomic E-state index is 0. The van der Waals surface area contributed by atoms with Gasteiger partial charge in [0.25, 0.3) is 0 Å². The van der Waals surface area contributed by atoms with Crippen LogP contribution in [0.3, 0.4) is 0 Å². The predicted octanol–water partition coefficient (Wildman–Crippen LogP) is 2.02. The molecule has 1 aliphatic rings. The summed E-state index contributed by atoms with van der Waals surface area (Å²) in [6.45, 7) is 4.08. The van der Waals surface area contributed by atoms with Gasteiger partial charge in [-0.15, -0.1) is 24.2 Å². The third-order valence-electron chi connectivity index (χ3n) is 3.42. The molecule has 0 radical (unpaired) electrons. The Hall–Kier alpha value is -0.790. The lowest BCUT2D eigenvalue weighted by Crippen LogP contribution is -2.31. The molecule has 120 valence electrons. The lowest BCUT2D eigenvalue weighted by atomic mass is 10.2. The second kappa shape index (κ2) is 8.60. The van der Waals surface area contributed by atoms with Gasteiger partial charge in [0.1, 0.15) is 6.04 Å². The summed E-state index contributed by atoms with van der Waals surface area (Å²) in [5, 5.41) is 7.16. The van der Waals surface area contributed by atoms with E-state index in [0.717, 1.165) is 18.6 Å². The van der Waals surface area contributed by atoms with Crippen molar-refractivity contribution in [2.75, 3.05) is 18.7 Å². The Morgan fingerprint density at radius 1 is 1.62 bits per heavy atom. The highest BCUT2D eigenvalue weighted by Crippen LogP contribution is 2.32. The van der Waals surface area contributed by atoms with E-state index in [4.69, 9.17) is 4.52 Å². The summed E-state index contributed by atoms with van der Waals surface area (Å²) in [5.41, 5.74) is 0. The summed E-state index contributed by atoms with van der Waals surface area (Å²) in [5.74, 6) is 2.98. The van der Waals surface area contributed by atoms with Crippen LogP contribution in [0.4, 0.5) is 0 Å². The van der Waals surface area contributed by atoms with Crippen LogP contribution in [0.2, 0.25) is 0 Å². The molecule has 0 spiro atoms. The lowest BCUT2D eigenvalue weighted by molar-refractivity contribution is -0.132. The van der Waals surface area contributed by atoms with E-state index in [9.17, 15) is 4.79 Å². The molecule has 1 fully saturated rings. The second-order valence-electron chi connectivity index (χ2n) is 5.07. The van der Waals surface area contributed by atoms with Crippen molar-refractivity contribution < 1.29 is 9.32 Å². The van der Waals surface area contributed by atoms with Gasteiger partial charge in [-0.2, -0.15) is 4.98 Å². The molecule has 2 atom stereocenters. The van der Waals surface area contributed by atoms with Gasteiger partial charge in [-0.25, -0.2) is 0 Å². The van der Waals surface area contributed by atoms with Crippen molar-refractivity contribution in [1.82, 2.24) is 20.4 Å². The van der Waals surface area contributed by atoms with E-state index in [1.165, 1.54) is 0 Å². The molecule has 0 bridgehead atoms. The number of nitrogens with zero attached hydrogens (tertiary/aromatic N) is 3. The first-order valence-corrected chi connectivity index (χ1v) is 8.18. The summed E-state index contributed by atoms with van der Waals surface area (Å²) < 4.78 is 5.36. The molecular formula is C13H23ClN4O2S. The minimum atomic E-state index is -0.0646. The molecule has 2 heterocycles. The largest absolute Gasteiger partial charge is 0.337 e. The maximum absolute atomic E-state index is 12.1. The quantitative estimate of drug-likeness (QED) is 0.858. The van der Waals surface area contributed by atoms with Crippen LogP contribution in [0.25, 0.3) is 0 Å². The summed E-state index contributed by atoms with van der Waals surface area (Å²) in [6, 6.07) is 0.237. The summed E-state index contributed by atoms with van der Waals surface area (Å²) in [7, 11) is 1.91. The number of hydrogen-bond donors (Lipinski definition) is 1. The Kier molecular flexibility index (Phi) is 7.48. The zero-order valence-corrected chi connectivity index (χ0v) is 14.3. The van der Waals surface area contributed by atoms with E-state index in [0.29, 0.717) is 30.1 Å². The van der Waals surface area contributed by atoms with E-state index in [2.05, 4.69) is 22.4 Å². The molecule has 1 N–H and O–H groups in total. The minimum Gasteiger partial charge on any atom is -0.337 e. The van der Waals surface area contributed by atoms with Crippen molar-refractivity contribution >= 4 is 30.1 Å². The van der Waals surface area contributed by atoms with Crippen LogP contribution in [0.5, 0.6) is 0 Å². The molecule has 2 rings (SSSR count). The average molecular weight is 335 g/mol. The molecule has 2 unspecified atom stereocenters. The first kappa shape index (κ1) is 18.3. The Balaban J connectivity index is 0.00000220. The molecule has 1 aromatic heterocycles. The van der Waals surface area contributed by atoms with Crippen molar-refractivity contribution in [2.45, 2.75) is 45.2 Å². The topological polar surface area (TPSA) is 71.3 Å². The van der Waals surface area contributed by atoms with Crippen LogP contribution in [0, 0.1) is 0 Å². The number of nitrogens with one attached hydrogen (secondary N) is 1. The molecular weight excluding hydrogens is 312 g/mol. The van der Waals surface area contributed by atoms with Crippen LogP contribution < -0.4 is 5.32 Å². The van der Waals surface area contributed by atoms with Crippen LogP contribution in [0.1, 0.15) is 44.4 Å². The molecule has 1 aromatic rings. The highest BCUT2D eigenvalue weighted by atomic mass is 35.5. The van der Waals surface area contributed by atoms with Gasteiger partial charge >= 0.3 is 0 Å². The fourth-order valence-corrected chi connectivity index (χ4v) is 3.28. The van der Waals surface area contributed by atoms with Gasteiger partial charge in [-0.3, -0.25) is 4.79 Å². The van der Waals surface area contributed by atoms with Gasteiger partial charge in [0.05, 0.1) is 5.88 Å². The van der Waals surface area contributed by atoms with Gasteiger partial charge in [-0.05, 0) is 20.4 Å². The highest BCUT2D eigenvalue weighted by Gasteiger charge is 2.34. The number of halogens is 1. The van der Waals surface area contributed by atoms with E-state index >= 15 is 0 Å². The Morgan fingerprint density at radius 2 is 2.38 bits per heavy atom. The maximum atomic E-state index is 12.1. The van der Waals surface area contributed by atoms with Crippen molar-refractivity contribution in [3.63, 3.8) is 0 Å². The molecule has 1 amide bonds. The number of thioether (sulfide) groups is 1. The molecule has 8 heteroatoms. The van der Waals surface area contributed by atoms with Crippen LogP contribution in [0.15, 0.2) is 4.52 Å². The SMILES string of the molecule is CCCC(=O)N1CSCC1c1nc(CC(C)NC)no1.Cl. The molecule has 21 heavy (non-hydrogen) atoms. The van der Waals surface area contributed by atoms with Gasteiger partial charge in [0.2, 0.25) is 11.8 Å². The Morgan fingerprint density at radius 3 is 3.05 bits per heavy atom. The van der Waals surface area contributed by atoms with Gasteiger partial charge in [0, 0.05) is 24.6 Å². The zero-order chi connectivity index (χ0) is 14.5. The van der Waals surface area contributed by atoms with E-state index < -0.39 is 0 Å². The lowest BCUT2D eigenvalue weighted by Gasteiger charge is -2.20. The summed E-state index contributed by atoms with van der Waals surface area (Å²) >= 11 is 1.73. The number of aromatic nitrogens is 2. The molecule has 0 aliphatic carbocycles. The smallest absolute Gasteiger partial charge is 0.250 e. The van der Waals surface area contributed by atoms with Gasteiger partial charge < -0.3 is 14.7 Å². The maximum Gasteiger partial charge on any atom is 0.250 e. The average Bonchev–Trinajstić information content (AvgIpc) is 3.06. The van der Waals surface area contributed by atoms with Gasteiger partial charge in [0.15, 0.2) is 5.82 Å². The number of likely N-dealkylation sites (N-methyl/N-ethyl adjacent to an activating group) is 1. The second-order valence-corrected chi connectivity index (χ2v) is 6.07. The number of carbonyl (C=O) groups excluding carboxylic acids is 1. The summed E-state index contributed by atoms with van der Waals surface area (Å²) in [4.78, 5) is 18.4. The predicted molar refractivity (Wildman–Crippen MR) is 85.6 cm³/mol. The number of carbonyl (C=O) groups is 1. The standard InChI is InChI=1S/C13H22N4O2S.ClH/c1-4-5-12(18)17-8-20-7-10(17)13-15-11(16-19-13)6-9(2)14-3;/h9-10,14H,4-8H2,1-3H3;1H. The third-order valence-corrected chi connectivity index (χ3v) is 4.43. The van der Waals surface area contributed by atoms with E-state index in [-0.39, 0.29) is 24.4 Å². The first-order valence-electron chi connectivity index (χ1n) is 7.02. The van der Waals surface area contributed by atoms with E-state index in [1.54, 1.807) is 11.8 Å². The molecule has 0 saturated carbocycles. The molecule has 0 aromatic carbocycles. The Bertz CT molecular complexity index is 457. The van der Waals surface area contributed by atoms with Crippen LogP contribution in [-0.4, -0.2) is 45.7 Å². The number of hydrogen-bond acceptors (Lipinski definition) is 6. The van der Waals surface area contributed by atoms with E-state index in [1.807, 2.05) is 18.9 Å². The van der Waals surface area contributed by atoms with Crippen molar-refractivity contribution in [2.24, 2.45) is 0 Å². The molecule has 1 aliphatic heterocycles. The van der Waals surface area contributed by atoms with Crippen molar-refractivity contribution in [3.8, 4) is 0 Å². The van der Waals surface area contributed by atoms with Crippen molar-refractivity contribution in [3.05, 3.63) is 11.7 Å². The fraction of sp³-hybridized carbons (Fsp3) is 0.769. The normalized spacial score (nSPS) is 19.4. The van der Waals surface area contributed by atoms with Crippen molar-refractivity contribution in [1.29, 1.82) is 0 Å². The highest BCUT2D eigenvalue weighted by molar-refractivity contribution is 7.99. The third kappa shape index (κ3) is 4.59. The Labute approximate surface area is 135 Å². The molecule has 1 saturated heterocycles. The van der Waals surface area contributed by atoms with Gasteiger partial charge in [-0.1, -0.05) is 12.1 Å². The fourth-order valence-electron chi connectivity index (χ4n) is 2.11. The number of amides is 1. The monoisotopic (exact) mass is 334 g/mol. The summed E-state index contributed by atoms with van der Waals surface area (Å²) in [6.07, 6.45) is 2.17. The van der Waals surface area contributed by atoms with Crippen LogP contribution in [-0.2, 0) is 11.2 Å². The molecule has 6 nitrogen and oxygen atoms in total. The zero-order valence-electron chi connectivity index (χ0n) is 12.7.